The van der Waals surface area contributed by atoms with Crippen LogP contribution in [0.4, 0.5) is 0 Å². The van der Waals surface area contributed by atoms with Crippen LogP contribution in [0.15, 0.2) is 0 Å². The van der Waals surface area contributed by atoms with Gasteiger partial charge in [-0.3, -0.25) is 4.90 Å². The number of hydrogen-bond acceptors (Lipinski definition) is 1. The standard InChI is InChI=1S/C19H33N/c1-2-17-20(18-13-9-5-3-6-10-14-18)19-15-11-7-4-8-12-16-19/h1,18-19H,3-17H2. The van der Waals surface area contributed by atoms with Gasteiger partial charge in [-0.1, -0.05) is 70.1 Å². The topological polar surface area (TPSA) is 3.24 Å². The highest BCUT2D eigenvalue weighted by atomic mass is 15.2. The largest absolute Gasteiger partial charge is 0.286 e. The number of terminal acetylenes is 1. The maximum atomic E-state index is 5.69. The van der Waals surface area contributed by atoms with Crippen LogP contribution in [0.25, 0.3) is 0 Å². The van der Waals surface area contributed by atoms with Crippen LogP contribution in [-0.2, 0) is 0 Å². The predicted molar refractivity (Wildman–Crippen MR) is 87.8 cm³/mol. The molecule has 0 heterocycles. The van der Waals surface area contributed by atoms with Gasteiger partial charge in [-0.2, -0.15) is 0 Å². The highest BCUT2D eigenvalue weighted by Gasteiger charge is 2.26. The summed E-state index contributed by atoms with van der Waals surface area (Å²) in [6, 6.07) is 1.55. The van der Waals surface area contributed by atoms with Crippen LogP contribution in [0.1, 0.15) is 89.9 Å². The Balaban J connectivity index is 1.97. The van der Waals surface area contributed by atoms with Crippen LogP contribution in [0.5, 0.6) is 0 Å². The second-order valence-electron chi connectivity index (χ2n) is 6.87. The minimum Gasteiger partial charge on any atom is -0.286 e. The molecule has 1 nitrogen and oxygen atoms in total. The van der Waals surface area contributed by atoms with Crippen molar-refractivity contribution >= 4 is 0 Å². The highest BCUT2D eigenvalue weighted by Crippen LogP contribution is 2.28. The monoisotopic (exact) mass is 275 g/mol. The second-order valence-corrected chi connectivity index (χ2v) is 6.87. The van der Waals surface area contributed by atoms with E-state index in [4.69, 9.17) is 6.42 Å². The summed E-state index contributed by atoms with van der Waals surface area (Å²) in [4.78, 5) is 2.73. The Kier molecular flexibility index (Phi) is 7.52. The van der Waals surface area contributed by atoms with Crippen molar-refractivity contribution in [1.82, 2.24) is 4.90 Å². The van der Waals surface area contributed by atoms with Gasteiger partial charge in [-0.05, 0) is 25.7 Å². The smallest absolute Gasteiger partial charge is 0.0603 e. The van der Waals surface area contributed by atoms with E-state index in [9.17, 15) is 0 Å². The quantitative estimate of drug-likeness (QED) is 0.644. The molecule has 0 aromatic rings. The van der Waals surface area contributed by atoms with Crippen LogP contribution in [0, 0.1) is 12.3 Å². The zero-order valence-electron chi connectivity index (χ0n) is 13.3. The average molecular weight is 275 g/mol. The lowest BCUT2D eigenvalue weighted by Crippen LogP contribution is -2.44. The van der Waals surface area contributed by atoms with Gasteiger partial charge < -0.3 is 0 Å². The van der Waals surface area contributed by atoms with Gasteiger partial charge in [0, 0.05) is 12.1 Å². The maximum absolute atomic E-state index is 5.69. The molecule has 2 saturated carbocycles. The number of hydrogen-bond donors (Lipinski definition) is 0. The third kappa shape index (κ3) is 5.13. The molecule has 0 aromatic heterocycles. The van der Waals surface area contributed by atoms with Crippen molar-refractivity contribution in [2.45, 2.75) is 102 Å². The fourth-order valence-corrected chi connectivity index (χ4v) is 4.19. The van der Waals surface area contributed by atoms with E-state index in [1.807, 2.05) is 0 Å². The lowest BCUT2D eigenvalue weighted by molar-refractivity contribution is 0.109. The SMILES string of the molecule is C#CCN(C1CCCCCCC1)C1CCCCCCC1. The molecule has 0 amide bonds. The minimum absolute atomic E-state index is 0.774. The first-order valence-corrected chi connectivity index (χ1v) is 9.11. The Morgan fingerprint density at radius 2 is 1.00 bits per heavy atom. The molecule has 0 bridgehead atoms. The first kappa shape index (κ1) is 15.9. The van der Waals surface area contributed by atoms with Crippen LogP contribution >= 0.6 is 0 Å². The van der Waals surface area contributed by atoms with Gasteiger partial charge in [0.05, 0.1) is 6.54 Å². The Morgan fingerprint density at radius 1 is 0.650 bits per heavy atom. The van der Waals surface area contributed by atoms with E-state index in [0.29, 0.717) is 0 Å². The summed E-state index contributed by atoms with van der Waals surface area (Å²) < 4.78 is 0. The molecule has 2 aliphatic rings. The fraction of sp³-hybridized carbons (Fsp3) is 0.895. The summed E-state index contributed by atoms with van der Waals surface area (Å²) in [5.74, 6) is 2.96. The van der Waals surface area contributed by atoms with Crippen molar-refractivity contribution < 1.29 is 0 Å². The fourth-order valence-electron chi connectivity index (χ4n) is 4.19. The van der Waals surface area contributed by atoms with Gasteiger partial charge in [-0.25, -0.2) is 0 Å². The number of nitrogens with zero attached hydrogens (tertiary/aromatic N) is 1. The summed E-state index contributed by atoms with van der Waals surface area (Å²) in [7, 11) is 0. The van der Waals surface area contributed by atoms with Crippen molar-refractivity contribution in [1.29, 1.82) is 0 Å². The minimum atomic E-state index is 0.774. The van der Waals surface area contributed by atoms with Crippen molar-refractivity contribution in [3.05, 3.63) is 0 Å². The molecule has 0 aliphatic heterocycles. The van der Waals surface area contributed by atoms with E-state index in [1.54, 1.807) is 0 Å². The van der Waals surface area contributed by atoms with Crippen molar-refractivity contribution in [2.24, 2.45) is 0 Å². The van der Waals surface area contributed by atoms with Crippen LogP contribution in [0.3, 0.4) is 0 Å². The predicted octanol–water partition coefficient (Wildman–Crippen LogP) is 5.15. The lowest BCUT2D eigenvalue weighted by Gasteiger charge is -2.39. The average Bonchev–Trinajstić information content (AvgIpc) is 2.36. The Labute approximate surface area is 126 Å². The summed E-state index contributed by atoms with van der Waals surface area (Å²) >= 11 is 0. The Morgan fingerprint density at radius 3 is 1.35 bits per heavy atom. The zero-order chi connectivity index (χ0) is 14.0. The lowest BCUT2D eigenvalue weighted by atomic mass is 9.90. The molecule has 0 unspecified atom stereocenters. The van der Waals surface area contributed by atoms with Crippen molar-refractivity contribution in [3.63, 3.8) is 0 Å². The molecule has 2 fully saturated rings. The first-order valence-electron chi connectivity index (χ1n) is 9.11. The summed E-state index contributed by atoms with van der Waals surface area (Å²) in [5.41, 5.74) is 0. The Bertz CT molecular complexity index is 253. The van der Waals surface area contributed by atoms with E-state index in [2.05, 4.69) is 10.8 Å². The number of rotatable bonds is 3. The van der Waals surface area contributed by atoms with Gasteiger partial charge in [0.15, 0.2) is 0 Å². The molecule has 0 spiro atoms. The van der Waals surface area contributed by atoms with Gasteiger partial charge in [0.25, 0.3) is 0 Å². The van der Waals surface area contributed by atoms with Crippen LogP contribution in [-0.4, -0.2) is 23.5 Å². The molecule has 114 valence electrons. The molecule has 2 aliphatic carbocycles. The summed E-state index contributed by atoms with van der Waals surface area (Å²) in [6.07, 6.45) is 25.5. The summed E-state index contributed by atoms with van der Waals surface area (Å²) in [5, 5.41) is 0. The third-order valence-electron chi connectivity index (χ3n) is 5.36. The van der Waals surface area contributed by atoms with Gasteiger partial charge in [0.2, 0.25) is 0 Å². The van der Waals surface area contributed by atoms with E-state index >= 15 is 0 Å². The Hall–Kier alpha value is -0.480. The van der Waals surface area contributed by atoms with E-state index in [-0.39, 0.29) is 0 Å². The molecule has 0 radical (unpaired) electrons. The zero-order valence-corrected chi connectivity index (χ0v) is 13.3. The van der Waals surface area contributed by atoms with Crippen molar-refractivity contribution in [2.75, 3.05) is 6.54 Å². The van der Waals surface area contributed by atoms with E-state index in [0.717, 1.165) is 18.6 Å². The molecule has 2 rings (SSSR count). The van der Waals surface area contributed by atoms with Gasteiger partial charge in [-0.15, -0.1) is 6.42 Å². The van der Waals surface area contributed by atoms with Gasteiger partial charge in [0.1, 0.15) is 0 Å². The molecular formula is C19H33N. The maximum Gasteiger partial charge on any atom is 0.0603 e. The molecular weight excluding hydrogens is 242 g/mol. The van der Waals surface area contributed by atoms with Crippen LogP contribution < -0.4 is 0 Å². The van der Waals surface area contributed by atoms with Crippen molar-refractivity contribution in [3.8, 4) is 12.3 Å². The molecule has 0 saturated heterocycles. The summed E-state index contributed by atoms with van der Waals surface area (Å²) in [6.45, 7) is 0.884. The van der Waals surface area contributed by atoms with E-state index < -0.39 is 0 Å². The normalized spacial score (nSPS) is 24.4. The van der Waals surface area contributed by atoms with Gasteiger partial charge >= 0.3 is 0 Å². The second kappa shape index (κ2) is 9.46. The third-order valence-corrected chi connectivity index (χ3v) is 5.36. The molecule has 1 heteroatoms. The van der Waals surface area contributed by atoms with E-state index in [1.165, 1.54) is 89.9 Å². The van der Waals surface area contributed by atoms with Crippen LogP contribution in [0.2, 0.25) is 0 Å². The molecule has 0 atom stereocenters. The molecule has 20 heavy (non-hydrogen) atoms. The highest BCUT2D eigenvalue weighted by molar-refractivity contribution is 4.93. The first-order chi connectivity index (χ1) is 9.92. The molecule has 0 N–H and O–H groups in total. The molecule has 0 aromatic carbocycles.